The number of phenols is 1. The number of nitrogens with zero attached hydrogens (tertiary/aromatic N) is 2. The van der Waals surface area contributed by atoms with Crippen molar-refractivity contribution < 1.29 is 14.6 Å². The highest BCUT2D eigenvalue weighted by Crippen LogP contribution is 2.32. The van der Waals surface area contributed by atoms with Gasteiger partial charge in [0.1, 0.15) is 5.75 Å². The van der Waals surface area contributed by atoms with Crippen molar-refractivity contribution in [2.75, 3.05) is 6.61 Å². The van der Waals surface area contributed by atoms with Crippen molar-refractivity contribution in [2.24, 2.45) is 7.05 Å². The van der Waals surface area contributed by atoms with Crippen molar-refractivity contribution in [1.29, 1.82) is 0 Å². The Balaban J connectivity index is 1.77. The topological polar surface area (TPSA) is 64.3 Å². The molecule has 24 heavy (non-hydrogen) atoms. The lowest BCUT2D eigenvalue weighted by Gasteiger charge is -2.06. The Bertz CT molecular complexity index is 889. The fourth-order valence-electron chi connectivity index (χ4n) is 2.45. The van der Waals surface area contributed by atoms with Crippen LogP contribution in [0, 0.1) is 0 Å². The molecule has 0 unspecified atom stereocenters. The van der Waals surface area contributed by atoms with Gasteiger partial charge >= 0.3 is 5.97 Å². The van der Waals surface area contributed by atoms with Crippen molar-refractivity contribution in [3.8, 4) is 5.75 Å². The number of fused-ring (bicyclic) bond motifs is 1. The van der Waals surface area contributed by atoms with Crippen LogP contribution in [0.15, 0.2) is 47.4 Å². The van der Waals surface area contributed by atoms with Gasteiger partial charge in [-0.3, -0.25) is 4.68 Å². The van der Waals surface area contributed by atoms with Gasteiger partial charge in [0.15, 0.2) is 5.69 Å². The van der Waals surface area contributed by atoms with E-state index < -0.39 is 5.97 Å². The van der Waals surface area contributed by atoms with Crippen LogP contribution in [0.3, 0.4) is 0 Å². The molecule has 3 aromatic rings. The minimum absolute atomic E-state index is 0.271. The highest BCUT2D eigenvalue weighted by atomic mass is 32.2. The summed E-state index contributed by atoms with van der Waals surface area (Å²) in [4.78, 5) is 12.7. The highest BCUT2D eigenvalue weighted by Gasteiger charge is 2.14. The van der Waals surface area contributed by atoms with Crippen LogP contribution in [-0.4, -0.2) is 27.5 Å². The van der Waals surface area contributed by atoms with Crippen molar-refractivity contribution in [3.63, 3.8) is 0 Å². The number of aromatic hydroxyl groups is 1. The van der Waals surface area contributed by atoms with Gasteiger partial charge in [0, 0.05) is 28.8 Å². The van der Waals surface area contributed by atoms with Crippen LogP contribution in [0.2, 0.25) is 0 Å². The number of aryl methyl sites for hydroxylation is 1. The van der Waals surface area contributed by atoms with Gasteiger partial charge < -0.3 is 9.84 Å². The molecule has 2 aromatic carbocycles. The molecule has 0 radical (unpaired) electrons. The predicted octanol–water partition coefficient (Wildman–Crippen LogP) is 3.75. The molecule has 1 heterocycles. The van der Waals surface area contributed by atoms with Crippen LogP contribution >= 0.6 is 11.8 Å². The van der Waals surface area contributed by atoms with E-state index in [9.17, 15) is 9.90 Å². The number of ether oxygens (including phenoxy) is 1. The number of carbonyl (C=O) groups excluding carboxylic acids is 1. The molecule has 6 heteroatoms. The molecule has 0 aliphatic heterocycles. The van der Waals surface area contributed by atoms with Crippen molar-refractivity contribution in [1.82, 2.24) is 9.78 Å². The van der Waals surface area contributed by atoms with Gasteiger partial charge in [0.25, 0.3) is 0 Å². The van der Waals surface area contributed by atoms with Gasteiger partial charge in [-0.05, 0) is 30.5 Å². The number of carbonyl (C=O) groups is 1. The first kappa shape index (κ1) is 16.4. The second-order valence-corrected chi connectivity index (χ2v) is 6.37. The van der Waals surface area contributed by atoms with Crippen molar-refractivity contribution in [2.45, 2.75) is 17.6 Å². The lowest BCUT2D eigenvalue weighted by Crippen LogP contribution is -2.06. The Hall–Kier alpha value is -2.47. The van der Waals surface area contributed by atoms with Crippen molar-refractivity contribution in [3.05, 3.63) is 53.9 Å². The molecule has 3 rings (SSSR count). The maximum atomic E-state index is 11.7. The first-order valence-corrected chi connectivity index (χ1v) is 8.61. The van der Waals surface area contributed by atoms with Gasteiger partial charge in [-0.2, -0.15) is 5.10 Å². The zero-order valence-corrected chi connectivity index (χ0v) is 14.3. The van der Waals surface area contributed by atoms with Crippen LogP contribution in [0.25, 0.3) is 10.8 Å². The fraction of sp³-hybridized carbons (Fsp3) is 0.222. The zero-order valence-electron chi connectivity index (χ0n) is 13.5. The smallest absolute Gasteiger partial charge is 0.358 e. The summed E-state index contributed by atoms with van der Waals surface area (Å²) in [5.74, 6) is 0.501. The van der Waals surface area contributed by atoms with Crippen LogP contribution < -0.4 is 0 Å². The number of aromatic nitrogens is 2. The van der Waals surface area contributed by atoms with E-state index in [1.54, 1.807) is 42.5 Å². The molecule has 0 amide bonds. The third-order valence-corrected chi connectivity index (χ3v) is 4.67. The molecule has 1 N–H and O–H groups in total. The first-order chi connectivity index (χ1) is 11.6. The summed E-state index contributed by atoms with van der Waals surface area (Å²) in [6, 6.07) is 13.3. The number of hydrogen-bond acceptors (Lipinski definition) is 5. The summed E-state index contributed by atoms with van der Waals surface area (Å²) in [6.45, 7) is 2.10. The Labute approximate surface area is 144 Å². The van der Waals surface area contributed by atoms with Crippen molar-refractivity contribution >= 4 is 28.5 Å². The predicted molar refractivity (Wildman–Crippen MR) is 94.3 cm³/mol. The fourth-order valence-corrected chi connectivity index (χ4v) is 3.44. The Morgan fingerprint density at radius 2 is 2.08 bits per heavy atom. The number of benzene rings is 2. The maximum absolute atomic E-state index is 11.7. The average Bonchev–Trinajstić information content (AvgIpc) is 2.94. The minimum atomic E-state index is -0.410. The molecule has 0 aliphatic carbocycles. The molecule has 0 atom stereocenters. The average molecular weight is 342 g/mol. The second-order valence-electron chi connectivity index (χ2n) is 5.32. The van der Waals surface area contributed by atoms with Crippen LogP contribution in [-0.2, 0) is 17.5 Å². The molecular formula is C18H18N2O3S. The summed E-state index contributed by atoms with van der Waals surface area (Å²) in [6.07, 6.45) is 0. The summed E-state index contributed by atoms with van der Waals surface area (Å²) < 4.78 is 6.65. The first-order valence-electron chi connectivity index (χ1n) is 7.63. The minimum Gasteiger partial charge on any atom is -0.507 e. The molecule has 0 aliphatic rings. The standard InChI is InChI=1S/C18H18N2O3S/c1-3-23-18(22)16-9-13(20(2)19-16)11-24-14-8-12-6-4-5-7-15(12)17(21)10-14/h4-10,21H,3,11H2,1-2H3. The third kappa shape index (κ3) is 3.38. The van der Waals surface area contributed by atoms with Gasteiger partial charge in [-0.25, -0.2) is 4.79 Å². The normalized spacial score (nSPS) is 10.9. The van der Waals surface area contributed by atoms with E-state index in [1.165, 1.54) is 0 Å². The van der Waals surface area contributed by atoms with E-state index in [-0.39, 0.29) is 5.75 Å². The van der Waals surface area contributed by atoms with Gasteiger partial charge in [-0.15, -0.1) is 11.8 Å². The van der Waals surface area contributed by atoms with E-state index in [0.717, 1.165) is 21.4 Å². The third-order valence-electron chi connectivity index (χ3n) is 3.66. The molecule has 0 spiro atoms. The maximum Gasteiger partial charge on any atom is 0.358 e. The Kier molecular flexibility index (Phi) is 4.76. The summed E-state index contributed by atoms with van der Waals surface area (Å²) in [7, 11) is 1.80. The number of phenolic OH excluding ortho intramolecular Hbond substituents is 1. The van der Waals surface area contributed by atoms with E-state index in [4.69, 9.17) is 4.74 Å². The van der Waals surface area contributed by atoms with Gasteiger partial charge in [-0.1, -0.05) is 24.3 Å². The zero-order chi connectivity index (χ0) is 17.1. The quantitative estimate of drug-likeness (QED) is 0.565. The molecule has 0 saturated heterocycles. The van der Waals surface area contributed by atoms with Gasteiger partial charge in [0.2, 0.25) is 0 Å². The van der Waals surface area contributed by atoms with E-state index in [1.807, 2.05) is 30.3 Å². The summed E-state index contributed by atoms with van der Waals surface area (Å²) in [5.41, 5.74) is 1.23. The molecular weight excluding hydrogens is 324 g/mol. The van der Waals surface area contributed by atoms with Crippen LogP contribution in [0.4, 0.5) is 0 Å². The molecule has 124 valence electrons. The summed E-state index contributed by atoms with van der Waals surface area (Å²) in [5, 5.41) is 16.2. The molecule has 5 nitrogen and oxygen atoms in total. The van der Waals surface area contributed by atoms with Gasteiger partial charge in [0.05, 0.1) is 6.61 Å². The SMILES string of the molecule is CCOC(=O)c1cc(CSc2cc(O)c3ccccc3c2)n(C)n1. The van der Waals surface area contributed by atoms with E-state index in [2.05, 4.69) is 5.10 Å². The van der Waals surface area contributed by atoms with Crippen LogP contribution in [0.1, 0.15) is 23.1 Å². The lowest BCUT2D eigenvalue weighted by molar-refractivity contribution is 0.0518. The second kappa shape index (κ2) is 6.97. The lowest BCUT2D eigenvalue weighted by atomic mass is 10.1. The Morgan fingerprint density at radius 3 is 2.88 bits per heavy atom. The van der Waals surface area contributed by atoms with E-state index >= 15 is 0 Å². The number of thioether (sulfide) groups is 1. The number of esters is 1. The molecule has 1 aromatic heterocycles. The summed E-state index contributed by atoms with van der Waals surface area (Å²) >= 11 is 1.58. The number of rotatable bonds is 5. The highest BCUT2D eigenvalue weighted by molar-refractivity contribution is 7.98. The molecule has 0 saturated carbocycles. The van der Waals surface area contributed by atoms with E-state index in [0.29, 0.717) is 18.1 Å². The van der Waals surface area contributed by atoms with Crippen LogP contribution in [0.5, 0.6) is 5.75 Å². The molecule has 0 bridgehead atoms. The largest absolute Gasteiger partial charge is 0.507 e. The molecule has 0 fully saturated rings. The number of hydrogen-bond donors (Lipinski definition) is 1. The monoisotopic (exact) mass is 342 g/mol. The Morgan fingerprint density at radius 1 is 1.29 bits per heavy atom.